The topological polar surface area (TPSA) is 101 Å². The minimum atomic E-state index is -3.99. The second-order valence-corrected chi connectivity index (χ2v) is 10.6. The average molecular weight is 460 g/mol. The molecule has 3 aromatic rings. The van der Waals surface area contributed by atoms with Crippen LogP contribution in [0.5, 0.6) is 0 Å². The lowest BCUT2D eigenvalue weighted by atomic mass is 9.83. The quantitative estimate of drug-likeness (QED) is 0.567. The highest BCUT2D eigenvalue weighted by atomic mass is 32.2. The van der Waals surface area contributed by atoms with Crippen molar-refractivity contribution >= 4 is 16.1 Å². The van der Waals surface area contributed by atoms with Crippen molar-refractivity contribution < 1.29 is 22.7 Å². The van der Waals surface area contributed by atoms with E-state index in [0.717, 1.165) is 3.97 Å². The number of aryl methyl sites for hydroxylation is 1. The van der Waals surface area contributed by atoms with Gasteiger partial charge in [0, 0.05) is 30.2 Å². The fourth-order valence-corrected chi connectivity index (χ4v) is 4.85. The maximum absolute atomic E-state index is 13.7. The third kappa shape index (κ3) is 4.99. The van der Waals surface area contributed by atoms with Gasteiger partial charge in [-0.05, 0) is 66.3 Å². The molecule has 0 aliphatic carbocycles. The number of carboxylic acid groups (broad SMARTS) is 1. The van der Waals surface area contributed by atoms with Crippen LogP contribution in [0.2, 0.25) is 0 Å². The molecule has 32 heavy (non-hydrogen) atoms. The zero-order chi connectivity index (χ0) is 23.7. The van der Waals surface area contributed by atoms with E-state index >= 15 is 0 Å². The average Bonchev–Trinajstić information content (AvgIpc) is 3.11. The number of halogens is 1. The third-order valence-electron chi connectivity index (χ3n) is 5.28. The maximum atomic E-state index is 13.7. The molecule has 0 aliphatic heterocycles. The highest BCUT2D eigenvalue weighted by Gasteiger charge is 2.29. The molecule has 3 rings (SSSR count). The number of nitrogens with zero attached hydrogens (tertiary/aromatic N) is 2. The van der Waals surface area contributed by atoms with Crippen LogP contribution in [0.3, 0.4) is 0 Å². The summed E-state index contributed by atoms with van der Waals surface area (Å²) in [5.41, 5.74) is 1.72. The first-order valence-corrected chi connectivity index (χ1v) is 11.5. The fourth-order valence-electron chi connectivity index (χ4n) is 3.49. The molecule has 0 saturated heterocycles. The zero-order valence-electron chi connectivity index (χ0n) is 18.3. The zero-order valence-corrected chi connectivity index (χ0v) is 19.1. The Bertz CT molecular complexity index is 1230. The molecule has 170 valence electrons. The largest absolute Gasteiger partial charge is 0.465 e. The molecule has 2 N–H and O–H groups in total. The highest BCUT2D eigenvalue weighted by Crippen LogP contribution is 2.31. The van der Waals surface area contributed by atoms with Gasteiger partial charge in [-0.25, -0.2) is 21.6 Å². The van der Waals surface area contributed by atoms with E-state index in [4.69, 9.17) is 0 Å². The van der Waals surface area contributed by atoms with Crippen molar-refractivity contribution in [2.24, 2.45) is 5.41 Å². The number of pyridine rings is 1. The molecule has 1 aromatic carbocycles. The summed E-state index contributed by atoms with van der Waals surface area (Å²) in [7, 11) is -3.99. The molecule has 2 heterocycles. The summed E-state index contributed by atoms with van der Waals surface area (Å²) >= 11 is 0. The van der Waals surface area contributed by atoms with Gasteiger partial charge in [-0.1, -0.05) is 20.8 Å². The number of carbonyl (C=O) groups is 1. The molecule has 9 heteroatoms. The minimum absolute atomic E-state index is 0.0131. The Morgan fingerprint density at radius 1 is 1.25 bits per heavy atom. The summed E-state index contributed by atoms with van der Waals surface area (Å²) in [5, 5.41) is 11.8. The standard InChI is InChI=1S/C23H26FN3O4S/c1-15-10-17(24)7-8-19(15)20-11-16(12-21(23(2,3)4)26-22(28)29)14-27(20)32(30,31)18-6-5-9-25-13-18/h5-11,13-14,21,26H,12H2,1-4H3,(H,28,29). The van der Waals surface area contributed by atoms with Crippen LogP contribution >= 0.6 is 0 Å². The second-order valence-electron chi connectivity index (χ2n) is 8.75. The summed E-state index contributed by atoms with van der Waals surface area (Å²) in [5.74, 6) is -0.418. The molecule has 0 radical (unpaired) electrons. The summed E-state index contributed by atoms with van der Waals surface area (Å²) < 4.78 is 41.7. The number of amides is 1. The van der Waals surface area contributed by atoms with Crippen LogP contribution < -0.4 is 5.32 Å². The van der Waals surface area contributed by atoms with Crippen molar-refractivity contribution in [3.8, 4) is 11.3 Å². The van der Waals surface area contributed by atoms with E-state index < -0.39 is 33.4 Å². The smallest absolute Gasteiger partial charge is 0.404 e. The summed E-state index contributed by atoms with van der Waals surface area (Å²) in [6, 6.07) is 8.39. The van der Waals surface area contributed by atoms with Crippen LogP contribution in [0.15, 0.2) is 59.9 Å². The van der Waals surface area contributed by atoms with Crippen LogP contribution in [0.4, 0.5) is 9.18 Å². The van der Waals surface area contributed by atoms with Crippen molar-refractivity contribution in [2.75, 3.05) is 0 Å². The number of aromatic nitrogens is 2. The van der Waals surface area contributed by atoms with Gasteiger partial charge in [-0.2, -0.15) is 0 Å². The molecule has 0 spiro atoms. The van der Waals surface area contributed by atoms with Crippen molar-refractivity contribution in [1.29, 1.82) is 0 Å². The van der Waals surface area contributed by atoms with Crippen LogP contribution in [-0.4, -0.2) is 34.6 Å². The molecular formula is C23H26FN3O4S. The Balaban J connectivity index is 2.17. The van der Waals surface area contributed by atoms with Crippen LogP contribution in [0.25, 0.3) is 11.3 Å². The van der Waals surface area contributed by atoms with Crippen LogP contribution in [0.1, 0.15) is 31.9 Å². The number of rotatable bonds is 6. The predicted octanol–water partition coefficient (Wildman–Crippen LogP) is 4.46. The highest BCUT2D eigenvalue weighted by molar-refractivity contribution is 7.90. The predicted molar refractivity (Wildman–Crippen MR) is 119 cm³/mol. The first kappa shape index (κ1) is 23.5. The molecular weight excluding hydrogens is 433 g/mol. The Labute approximate surface area is 187 Å². The van der Waals surface area contributed by atoms with E-state index in [2.05, 4.69) is 10.3 Å². The monoisotopic (exact) mass is 459 g/mol. The molecule has 2 aromatic heterocycles. The van der Waals surface area contributed by atoms with E-state index in [1.807, 2.05) is 20.8 Å². The summed E-state index contributed by atoms with van der Waals surface area (Å²) in [6.45, 7) is 7.42. The SMILES string of the molecule is Cc1cc(F)ccc1-c1cc(CC(NC(=O)O)C(C)(C)C)cn1S(=O)(=O)c1cccnc1. The molecule has 0 aliphatic rings. The van der Waals surface area contributed by atoms with Crippen molar-refractivity contribution in [2.45, 2.75) is 45.1 Å². The van der Waals surface area contributed by atoms with E-state index in [1.54, 1.807) is 13.0 Å². The Kier molecular flexibility index (Phi) is 6.41. The lowest BCUT2D eigenvalue weighted by molar-refractivity contribution is 0.174. The first-order valence-electron chi connectivity index (χ1n) is 10.0. The van der Waals surface area contributed by atoms with Gasteiger partial charge < -0.3 is 10.4 Å². The van der Waals surface area contributed by atoms with E-state index in [9.17, 15) is 22.7 Å². The van der Waals surface area contributed by atoms with Gasteiger partial charge in [0.05, 0.1) is 5.69 Å². The van der Waals surface area contributed by atoms with Gasteiger partial charge in [-0.3, -0.25) is 4.98 Å². The summed E-state index contributed by atoms with van der Waals surface area (Å²) in [4.78, 5) is 15.2. The second kappa shape index (κ2) is 8.74. The molecule has 0 bridgehead atoms. The van der Waals surface area contributed by atoms with Crippen molar-refractivity contribution in [3.05, 3.63) is 71.9 Å². The van der Waals surface area contributed by atoms with Crippen LogP contribution in [0, 0.1) is 18.2 Å². The first-order chi connectivity index (χ1) is 14.9. The Morgan fingerprint density at radius 3 is 2.53 bits per heavy atom. The van der Waals surface area contributed by atoms with Crippen molar-refractivity contribution in [1.82, 2.24) is 14.3 Å². The molecule has 1 unspecified atom stereocenters. The minimum Gasteiger partial charge on any atom is -0.465 e. The molecule has 1 amide bonds. The maximum Gasteiger partial charge on any atom is 0.404 e. The third-order valence-corrected chi connectivity index (χ3v) is 6.94. The number of hydrogen-bond acceptors (Lipinski definition) is 4. The van der Waals surface area contributed by atoms with E-state index in [1.165, 1.54) is 48.9 Å². The van der Waals surface area contributed by atoms with Gasteiger partial charge in [0.1, 0.15) is 10.7 Å². The number of hydrogen-bond donors (Lipinski definition) is 2. The van der Waals surface area contributed by atoms with E-state index in [0.29, 0.717) is 22.4 Å². The molecule has 0 fully saturated rings. The van der Waals surface area contributed by atoms with Crippen LogP contribution in [-0.2, 0) is 16.4 Å². The Morgan fingerprint density at radius 2 is 1.97 bits per heavy atom. The molecule has 1 atom stereocenters. The normalized spacial score (nSPS) is 13.0. The number of nitrogens with one attached hydrogen (secondary N) is 1. The molecule has 7 nitrogen and oxygen atoms in total. The van der Waals surface area contributed by atoms with Gasteiger partial charge in [0.25, 0.3) is 10.0 Å². The lowest BCUT2D eigenvalue weighted by Gasteiger charge is -2.30. The van der Waals surface area contributed by atoms with Gasteiger partial charge in [0.2, 0.25) is 0 Å². The molecule has 0 saturated carbocycles. The Hall–Kier alpha value is -3.20. The fraction of sp³-hybridized carbons (Fsp3) is 0.304. The summed E-state index contributed by atoms with van der Waals surface area (Å²) in [6.07, 6.45) is 3.36. The van der Waals surface area contributed by atoms with Gasteiger partial charge >= 0.3 is 6.09 Å². The van der Waals surface area contributed by atoms with E-state index in [-0.39, 0.29) is 11.3 Å². The van der Waals surface area contributed by atoms with Gasteiger partial charge in [-0.15, -0.1) is 0 Å². The van der Waals surface area contributed by atoms with Crippen molar-refractivity contribution in [3.63, 3.8) is 0 Å². The number of benzene rings is 1. The lowest BCUT2D eigenvalue weighted by Crippen LogP contribution is -2.44. The van der Waals surface area contributed by atoms with Gasteiger partial charge in [0.15, 0.2) is 0 Å².